The van der Waals surface area contributed by atoms with Crippen molar-refractivity contribution < 1.29 is 17.9 Å². The number of likely N-dealkylation sites (tertiary alicyclic amines) is 1. The number of hydrogen-bond acceptors (Lipinski definition) is 6. The largest absolute Gasteiger partial charge is 0.469 e. The summed E-state index contributed by atoms with van der Waals surface area (Å²) in [6.45, 7) is 5.14. The predicted molar refractivity (Wildman–Crippen MR) is 148 cm³/mol. The maximum atomic E-state index is 13.2. The third kappa shape index (κ3) is 8.37. The lowest BCUT2D eigenvalue weighted by molar-refractivity contribution is -0.148. The van der Waals surface area contributed by atoms with Crippen LogP contribution in [0.1, 0.15) is 56.9 Å². The van der Waals surface area contributed by atoms with Crippen LogP contribution >= 0.6 is 0 Å². The maximum Gasteiger partial charge on any atom is 0.308 e. The van der Waals surface area contributed by atoms with Crippen molar-refractivity contribution in [1.29, 1.82) is 0 Å². The van der Waals surface area contributed by atoms with Crippen LogP contribution in [0.15, 0.2) is 65.6 Å². The normalized spacial score (nSPS) is 19.6. The molecule has 0 aromatic heterocycles. The Labute approximate surface area is 223 Å². The number of esters is 1. The zero-order valence-corrected chi connectivity index (χ0v) is 23.3. The SMILES string of the molecule is CCCCCN[C@H]1C[C@@H](C(=O)OC)CCN1CCC(CN(C)S(=O)(=O)c1ccccc1)c1ccccc1. The van der Waals surface area contributed by atoms with Crippen LogP contribution in [0.3, 0.4) is 0 Å². The van der Waals surface area contributed by atoms with E-state index in [0.717, 1.165) is 50.9 Å². The van der Waals surface area contributed by atoms with Gasteiger partial charge in [-0.1, -0.05) is 68.3 Å². The molecule has 0 saturated carbocycles. The summed E-state index contributed by atoms with van der Waals surface area (Å²) in [5.74, 6) is -0.171. The maximum absolute atomic E-state index is 13.2. The molecule has 1 fully saturated rings. The molecule has 0 amide bonds. The Kier molecular flexibility index (Phi) is 11.6. The number of ether oxygens (including phenoxy) is 1. The number of rotatable bonds is 14. The number of hydrogen-bond donors (Lipinski definition) is 1. The van der Waals surface area contributed by atoms with Gasteiger partial charge in [-0.25, -0.2) is 12.7 Å². The van der Waals surface area contributed by atoms with Crippen molar-refractivity contribution in [1.82, 2.24) is 14.5 Å². The lowest BCUT2D eigenvalue weighted by atomic mass is 9.92. The molecule has 0 spiro atoms. The summed E-state index contributed by atoms with van der Waals surface area (Å²) in [6.07, 6.45) is 5.89. The van der Waals surface area contributed by atoms with Gasteiger partial charge in [-0.15, -0.1) is 0 Å². The summed E-state index contributed by atoms with van der Waals surface area (Å²) in [5, 5.41) is 3.68. The van der Waals surface area contributed by atoms with Crippen LogP contribution in [0.5, 0.6) is 0 Å². The van der Waals surface area contributed by atoms with Crippen LogP contribution in [-0.4, -0.2) is 70.1 Å². The van der Waals surface area contributed by atoms with Gasteiger partial charge in [-0.05, 0) is 55.8 Å². The fourth-order valence-corrected chi connectivity index (χ4v) is 6.35. The van der Waals surface area contributed by atoms with Gasteiger partial charge in [0.2, 0.25) is 10.0 Å². The van der Waals surface area contributed by atoms with Crippen LogP contribution < -0.4 is 5.32 Å². The molecule has 3 atom stereocenters. The Morgan fingerprint density at radius 3 is 2.43 bits per heavy atom. The fraction of sp³-hybridized carbons (Fsp3) is 0.552. The number of benzene rings is 2. The lowest BCUT2D eigenvalue weighted by Gasteiger charge is -2.40. The molecule has 1 unspecified atom stereocenters. The Morgan fingerprint density at radius 1 is 1.11 bits per heavy atom. The van der Waals surface area contributed by atoms with Gasteiger partial charge in [0.15, 0.2) is 0 Å². The van der Waals surface area contributed by atoms with E-state index in [9.17, 15) is 13.2 Å². The molecule has 1 heterocycles. The molecule has 2 aromatic carbocycles. The molecule has 7 nitrogen and oxygen atoms in total. The zero-order chi connectivity index (χ0) is 26.7. The topological polar surface area (TPSA) is 79.0 Å². The Hall–Kier alpha value is -2.26. The molecule has 204 valence electrons. The first-order valence-corrected chi connectivity index (χ1v) is 14.9. The van der Waals surface area contributed by atoms with Gasteiger partial charge < -0.3 is 10.1 Å². The molecule has 0 aliphatic carbocycles. The standard InChI is InChI=1S/C29H43N3O4S/c1-4-5-12-19-30-28-22-25(29(33)36-3)17-20-32(28)21-18-26(24-13-8-6-9-14-24)23-31(2)37(34,35)27-15-10-7-11-16-27/h6-11,13-16,25-26,28,30H,4-5,12,17-23H2,1-3H3/t25-,26?,28+/m0/s1. The minimum atomic E-state index is -3.58. The zero-order valence-electron chi connectivity index (χ0n) is 22.5. The third-order valence-electron chi connectivity index (χ3n) is 7.37. The number of likely N-dealkylation sites (N-methyl/N-ethyl adjacent to an activating group) is 1. The highest BCUT2D eigenvalue weighted by atomic mass is 32.2. The summed E-state index contributed by atoms with van der Waals surface area (Å²) in [4.78, 5) is 15.0. The van der Waals surface area contributed by atoms with Crippen molar-refractivity contribution in [2.75, 3.05) is 40.3 Å². The Balaban J connectivity index is 1.72. The molecule has 1 aliphatic rings. The molecule has 3 rings (SSSR count). The van der Waals surface area contributed by atoms with Crippen LogP contribution in [0.2, 0.25) is 0 Å². The van der Waals surface area contributed by atoms with Crippen molar-refractivity contribution in [3.8, 4) is 0 Å². The molecule has 1 saturated heterocycles. The van der Waals surface area contributed by atoms with Gasteiger partial charge in [0.25, 0.3) is 0 Å². The van der Waals surface area contributed by atoms with Crippen LogP contribution in [-0.2, 0) is 19.6 Å². The van der Waals surface area contributed by atoms with Gasteiger partial charge in [-0.2, -0.15) is 0 Å². The van der Waals surface area contributed by atoms with Crippen molar-refractivity contribution in [3.05, 3.63) is 66.2 Å². The molecular weight excluding hydrogens is 486 g/mol. The van der Waals surface area contributed by atoms with E-state index in [2.05, 4.69) is 29.3 Å². The first-order chi connectivity index (χ1) is 17.9. The highest BCUT2D eigenvalue weighted by Gasteiger charge is 2.33. The molecule has 0 bridgehead atoms. The Bertz CT molecular complexity index is 1050. The van der Waals surface area contributed by atoms with Crippen LogP contribution in [0, 0.1) is 5.92 Å². The summed E-state index contributed by atoms with van der Waals surface area (Å²) in [6, 6.07) is 18.8. The van der Waals surface area contributed by atoms with Crippen molar-refractivity contribution in [2.24, 2.45) is 5.92 Å². The molecular formula is C29H43N3O4S. The minimum absolute atomic E-state index is 0.0451. The molecule has 1 aliphatic heterocycles. The van der Waals surface area contributed by atoms with E-state index in [-0.39, 0.29) is 24.0 Å². The smallest absolute Gasteiger partial charge is 0.308 e. The monoisotopic (exact) mass is 529 g/mol. The van der Waals surface area contributed by atoms with E-state index in [4.69, 9.17) is 4.74 Å². The number of methoxy groups -OCH3 is 1. The number of piperidine rings is 1. The van der Waals surface area contributed by atoms with E-state index in [1.165, 1.54) is 24.3 Å². The summed E-state index contributed by atoms with van der Waals surface area (Å²) in [5.41, 5.74) is 1.13. The van der Waals surface area contributed by atoms with Gasteiger partial charge in [0.1, 0.15) is 0 Å². The van der Waals surface area contributed by atoms with E-state index in [1.807, 2.05) is 24.3 Å². The van der Waals surface area contributed by atoms with Crippen LogP contribution in [0.25, 0.3) is 0 Å². The summed E-state index contributed by atoms with van der Waals surface area (Å²) >= 11 is 0. The van der Waals surface area contributed by atoms with E-state index in [1.54, 1.807) is 31.3 Å². The molecule has 0 radical (unpaired) electrons. The number of carbonyl (C=O) groups is 1. The highest BCUT2D eigenvalue weighted by Crippen LogP contribution is 2.27. The van der Waals surface area contributed by atoms with Gasteiger partial charge in [0.05, 0.1) is 24.1 Å². The van der Waals surface area contributed by atoms with Gasteiger partial charge >= 0.3 is 5.97 Å². The van der Waals surface area contributed by atoms with Crippen LogP contribution in [0.4, 0.5) is 0 Å². The number of nitrogens with zero attached hydrogens (tertiary/aromatic N) is 2. The summed E-state index contributed by atoms with van der Waals surface area (Å²) in [7, 11) is -0.451. The second-order valence-corrected chi connectivity index (χ2v) is 12.0. The van der Waals surface area contributed by atoms with Crippen molar-refractivity contribution >= 4 is 16.0 Å². The first-order valence-electron chi connectivity index (χ1n) is 13.5. The average molecular weight is 530 g/mol. The number of sulfonamides is 1. The molecule has 8 heteroatoms. The van der Waals surface area contributed by atoms with E-state index < -0.39 is 10.0 Å². The fourth-order valence-electron chi connectivity index (χ4n) is 5.11. The molecule has 1 N–H and O–H groups in total. The number of nitrogens with one attached hydrogen (secondary N) is 1. The second kappa shape index (κ2) is 14.6. The van der Waals surface area contributed by atoms with Gasteiger partial charge in [-0.3, -0.25) is 9.69 Å². The number of unbranched alkanes of at least 4 members (excludes halogenated alkanes) is 2. The molecule has 37 heavy (non-hydrogen) atoms. The Morgan fingerprint density at radius 2 is 1.78 bits per heavy atom. The van der Waals surface area contributed by atoms with E-state index >= 15 is 0 Å². The quantitative estimate of drug-likeness (QED) is 0.287. The first kappa shape index (κ1) is 29.3. The molecule has 2 aromatic rings. The second-order valence-electron chi connectivity index (χ2n) is 9.95. The predicted octanol–water partition coefficient (Wildman–Crippen LogP) is 4.47. The average Bonchev–Trinajstić information content (AvgIpc) is 2.94. The van der Waals surface area contributed by atoms with E-state index in [0.29, 0.717) is 11.4 Å². The van der Waals surface area contributed by atoms with Gasteiger partial charge in [0, 0.05) is 26.7 Å². The summed E-state index contributed by atoms with van der Waals surface area (Å²) < 4.78 is 33.0. The van der Waals surface area contributed by atoms with Crippen molar-refractivity contribution in [2.45, 2.75) is 62.4 Å². The highest BCUT2D eigenvalue weighted by molar-refractivity contribution is 7.89. The lowest BCUT2D eigenvalue weighted by Crippen LogP contribution is -2.52. The third-order valence-corrected chi connectivity index (χ3v) is 9.21. The number of carbonyl (C=O) groups excluding carboxylic acids is 1. The minimum Gasteiger partial charge on any atom is -0.469 e. The van der Waals surface area contributed by atoms with Crippen molar-refractivity contribution in [3.63, 3.8) is 0 Å².